The van der Waals surface area contributed by atoms with Crippen LogP contribution in [0, 0.1) is 0 Å². The maximum absolute atomic E-state index is 6.47. The molecule has 0 spiro atoms. The monoisotopic (exact) mass is 650 g/mol. The Bertz CT molecular complexity index is 3210. The second-order valence-electron chi connectivity index (χ2n) is 13.0. The third-order valence-electron chi connectivity index (χ3n) is 10.1. The van der Waals surface area contributed by atoms with Crippen LogP contribution in [-0.4, -0.2) is 19.9 Å². The molecule has 5 heteroatoms. The first-order valence-corrected chi connectivity index (χ1v) is 17.0. The van der Waals surface area contributed by atoms with E-state index in [0.717, 1.165) is 92.6 Å². The normalized spacial score (nSPS) is 11.9. The van der Waals surface area contributed by atoms with Gasteiger partial charge in [-0.1, -0.05) is 121 Å². The summed E-state index contributed by atoms with van der Waals surface area (Å²) < 4.78 is 6.47. The number of fused-ring (bicyclic) bond motifs is 10. The molecule has 0 atom stereocenters. The Kier molecular flexibility index (Phi) is 5.89. The van der Waals surface area contributed by atoms with E-state index in [1.165, 1.54) is 0 Å². The van der Waals surface area contributed by atoms with E-state index >= 15 is 0 Å². The Morgan fingerprint density at radius 3 is 1.84 bits per heavy atom. The number of furan rings is 1. The van der Waals surface area contributed by atoms with E-state index in [-0.39, 0.29) is 0 Å². The summed E-state index contributed by atoms with van der Waals surface area (Å²) in [4.78, 5) is 20.7. The molecule has 0 aliphatic heterocycles. The van der Waals surface area contributed by atoms with Crippen LogP contribution in [0.15, 0.2) is 162 Å². The summed E-state index contributed by atoms with van der Waals surface area (Å²) in [7, 11) is 0. The zero-order valence-corrected chi connectivity index (χ0v) is 27.2. The minimum atomic E-state index is 0.591. The highest BCUT2D eigenvalue weighted by atomic mass is 16.3. The molecule has 0 amide bonds. The van der Waals surface area contributed by atoms with E-state index in [0.29, 0.717) is 17.5 Å². The summed E-state index contributed by atoms with van der Waals surface area (Å²) in [5.41, 5.74) is 5.40. The third kappa shape index (κ3) is 4.28. The van der Waals surface area contributed by atoms with Crippen LogP contribution in [0.4, 0.5) is 0 Å². The van der Waals surface area contributed by atoms with Crippen molar-refractivity contribution in [3.63, 3.8) is 0 Å². The molecule has 236 valence electrons. The van der Waals surface area contributed by atoms with Gasteiger partial charge in [0.05, 0.1) is 5.52 Å². The summed E-state index contributed by atoms with van der Waals surface area (Å²) in [6.45, 7) is 0. The fourth-order valence-corrected chi connectivity index (χ4v) is 7.77. The zero-order chi connectivity index (χ0) is 33.5. The predicted octanol–water partition coefficient (Wildman–Crippen LogP) is 11.9. The minimum absolute atomic E-state index is 0.591. The van der Waals surface area contributed by atoms with Crippen LogP contribution in [0.5, 0.6) is 0 Å². The fourth-order valence-electron chi connectivity index (χ4n) is 7.77. The highest BCUT2D eigenvalue weighted by molar-refractivity contribution is 6.22. The molecule has 0 saturated carbocycles. The van der Waals surface area contributed by atoms with Crippen LogP contribution in [0.25, 0.3) is 110 Å². The van der Waals surface area contributed by atoms with Gasteiger partial charge < -0.3 is 4.42 Å². The van der Waals surface area contributed by atoms with Crippen LogP contribution < -0.4 is 0 Å². The van der Waals surface area contributed by atoms with Crippen LogP contribution in [0.1, 0.15) is 0 Å². The number of aromatic nitrogens is 4. The Labute approximate surface area is 291 Å². The van der Waals surface area contributed by atoms with E-state index in [9.17, 15) is 0 Å². The van der Waals surface area contributed by atoms with Crippen molar-refractivity contribution in [3.05, 3.63) is 158 Å². The standard InChI is InChI=1S/C46H26N4O/c1-2-12-30-26-40-38(24-29(30)11-1)42-36(19-8-20-39(42)51-40)45-48-44(35-18-7-13-27-10-3-4-15-32(27)35)49-46(50-45)37-25-31-22-21-28-14-9-23-47-43(28)41(31)34-17-6-5-16-33(34)37/h1-26H. The van der Waals surface area contributed by atoms with E-state index in [4.69, 9.17) is 24.4 Å². The van der Waals surface area contributed by atoms with Crippen LogP contribution in [0.2, 0.25) is 0 Å². The molecule has 0 radical (unpaired) electrons. The Morgan fingerprint density at radius 2 is 0.980 bits per heavy atom. The van der Waals surface area contributed by atoms with Gasteiger partial charge in [0.1, 0.15) is 11.2 Å². The van der Waals surface area contributed by atoms with Gasteiger partial charge in [-0.05, 0) is 68.0 Å². The number of pyridine rings is 1. The first-order chi connectivity index (χ1) is 25.3. The number of hydrogen-bond acceptors (Lipinski definition) is 5. The number of hydrogen-bond donors (Lipinski definition) is 0. The zero-order valence-electron chi connectivity index (χ0n) is 27.2. The van der Waals surface area contributed by atoms with Crippen molar-refractivity contribution in [1.82, 2.24) is 19.9 Å². The maximum Gasteiger partial charge on any atom is 0.164 e. The second kappa shape index (κ2) is 10.8. The van der Waals surface area contributed by atoms with Crippen molar-refractivity contribution >= 4 is 75.9 Å². The average Bonchev–Trinajstić information content (AvgIpc) is 3.56. The van der Waals surface area contributed by atoms with Crippen LogP contribution >= 0.6 is 0 Å². The molecule has 11 rings (SSSR count). The molecular formula is C46H26N4O. The molecule has 0 N–H and O–H groups in total. The number of rotatable bonds is 3. The quantitative estimate of drug-likeness (QED) is 0.178. The van der Waals surface area contributed by atoms with Gasteiger partial charge >= 0.3 is 0 Å². The Balaban J connectivity index is 1.24. The maximum atomic E-state index is 6.47. The molecule has 51 heavy (non-hydrogen) atoms. The molecule has 0 aliphatic carbocycles. The van der Waals surface area contributed by atoms with Crippen LogP contribution in [0.3, 0.4) is 0 Å². The lowest BCUT2D eigenvalue weighted by Gasteiger charge is -2.14. The molecule has 11 aromatic rings. The van der Waals surface area contributed by atoms with E-state index < -0.39 is 0 Å². The van der Waals surface area contributed by atoms with Crippen molar-refractivity contribution < 1.29 is 4.42 Å². The lowest BCUT2D eigenvalue weighted by atomic mass is 9.95. The van der Waals surface area contributed by atoms with Gasteiger partial charge in [-0.2, -0.15) is 0 Å². The van der Waals surface area contributed by atoms with Crippen LogP contribution in [-0.2, 0) is 0 Å². The van der Waals surface area contributed by atoms with Crippen molar-refractivity contribution in [1.29, 1.82) is 0 Å². The van der Waals surface area contributed by atoms with Gasteiger partial charge in [0.2, 0.25) is 0 Å². The van der Waals surface area contributed by atoms with Gasteiger partial charge in [0.25, 0.3) is 0 Å². The smallest absolute Gasteiger partial charge is 0.164 e. The molecular weight excluding hydrogens is 625 g/mol. The topological polar surface area (TPSA) is 64.7 Å². The molecule has 0 fully saturated rings. The second-order valence-corrected chi connectivity index (χ2v) is 13.0. The van der Waals surface area contributed by atoms with E-state index in [2.05, 4.69) is 133 Å². The van der Waals surface area contributed by atoms with Gasteiger partial charge in [-0.25, -0.2) is 15.0 Å². The molecule has 0 aliphatic rings. The van der Waals surface area contributed by atoms with E-state index in [1.54, 1.807) is 0 Å². The SMILES string of the molecule is c1ccc2cc3c(cc2c1)oc1cccc(-c2nc(-c4cccc5ccccc45)nc(-c4cc5ccc6cccnc6c5c5ccccc45)n2)c13. The Morgan fingerprint density at radius 1 is 0.353 bits per heavy atom. The van der Waals surface area contributed by atoms with Crippen molar-refractivity contribution in [3.8, 4) is 34.2 Å². The third-order valence-corrected chi connectivity index (χ3v) is 10.1. The summed E-state index contributed by atoms with van der Waals surface area (Å²) in [6, 6.07) is 52.6. The first kappa shape index (κ1) is 27.9. The molecule has 0 saturated heterocycles. The minimum Gasteiger partial charge on any atom is -0.456 e. The predicted molar refractivity (Wildman–Crippen MR) is 209 cm³/mol. The molecule has 0 bridgehead atoms. The molecule has 0 unspecified atom stereocenters. The lowest BCUT2D eigenvalue weighted by molar-refractivity contribution is 0.669. The highest BCUT2D eigenvalue weighted by Crippen LogP contribution is 2.41. The average molecular weight is 651 g/mol. The highest BCUT2D eigenvalue weighted by Gasteiger charge is 2.21. The van der Waals surface area contributed by atoms with E-state index in [1.807, 2.05) is 24.4 Å². The van der Waals surface area contributed by atoms with Gasteiger partial charge in [-0.15, -0.1) is 0 Å². The summed E-state index contributed by atoms with van der Waals surface area (Å²) in [5.74, 6) is 1.82. The first-order valence-electron chi connectivity index (χ1n) is 17.0. The van der Waals surface area contributed by atoms with Crippen molar-refractivity contribution in [2.75, 3.05) is 0 Å². The molecule has 8 aromatic carbocycles. The summed E-state index contributed by atoms with van der Waals surface area (Å²) in [6.07, 6.45) is 1.86. The van der Waals surface area contributed by atoms with Gasteiger partial charge in [-0.3, -0.25) is 4.98 Å². The Hall–Kier alpha value is -6.98. The van der Waals surface area contributed by atoms with Crippen molar-refractivity contribution in [2.24, 2.45) is 0 Å². The number of benzene rings is 8. The van der Waals surface area contributed by atoms with Gasteiger partial charge in [0.15, 0.2) is 17.5 Å². The van der Waals surface area contributed by atoms with Gasteiger partial charge in [0, 0.05) is 44.4 Å². The lowest BCUT2D eigenvalue weighted by Crippen LogP contribution is -2.01. The number of nitrogens with zero attached hydrogens (tertiary/aromatic N) is 4. The molecule has 3 aromatic heterocycles. The summed E-state index contributed by atoms with van der Waals surface area (Å²) >= 11 is 0. The summed E-state index contributed by atoms with van der Waals surface area (Å²) in [5, 5.41) is 12.0. The van der Waals surface area contributed by atoms with Crippen molar-refractivity contribution in [2.45, 2.75) is 0 Å². The fraction of sp³-hybridized carbons (Fsp3) is 0. The largest absolute Gasteiger partial charge is 0.456 e. The molecule has 5 nitrogen and oxygen atoms in total. The molecule has 3 heterocycles.